The molecule has 0 aliphatic rings. The van der Waals surface area contributed by atoms with Crippen molar-refractivity contribution in [1.29, 1.82) is 0 Å². The van der Waals surface area contributed by atoms with Gasteiger partial charge in [0.25, 0.3) is 0 Å². The fourth-order valence-corrected chi connectivity index (χ4v) is 2.20. The molecule has 0 spiro atoms. The molecule has 1 aromatic carbocycles. The number of halogens is 3. The highest BCUT2D eigenvalue weighted by Crippen LogP contribution is 2.33. The van der Waals surface area contributed by atoms with Crippen LogP contribution in [0.15, 0.2) is 24.3 Å². The highest BCUT2D eigenvalue weighted by atomic mass is 19.4. The Bertz CT molecular complexity index is 410. The fraction of sp³-hybridized carbons (Fsp3) is 0.571. The van der Waals surface area contributed by atoms with Crippen molar-refractivity contribution in [2.75, 3.05) is 14.2 Å². The highest BCUT2D eigenvalue weighted by Gasteiger charge is 2.33. The molecule has 114 valence electrons. The minimum Gasteiger partial charge on any atom is -0.405 e. The number of methoxy groups -OCH3 is 1. The van der Waals surface area contributed by atoms with Crippen molar-refractivity contribution >= 4 is 0 Å². The summed E-state index contributed by atoms with van der Waals surface area (Å²) >= 11 is 0. The molecule has 0 fully saturated rings. The van der Waals surface area contributed by atoms with E-state index in [9.17, 15) is 13.2 Å². The van der Waals surface area contributed by atoms with Crippen molar-refractivity contribution in [3.05, 3.63) is 29.8 Å². The average molecular weight is 291 g/mol. The van der Waals surface area contributed by atoms with Gasteiger partial charge >= 0.3 is 6.36 Å². The third-order valence-corrected chi connectivity index (χ3v) is 3.04. The highest BCUT2D eigenvalue weighted by molar-refractivity contribution is 5.36. The summed E-state index contributed by atoms with van der Waals surface area (Å²) in [6.07, 6.45) is -3.31. The maximum Gasteiger partial charge on any atom is 0.573 e. The summed E-state index contributed by atoms with van der Waals surface area (Å²) in [4.78, 5) is 0. The number of hydrogen-bond donors (Lipinski definition) is 1. The van der Waals surface area contributed by atoms with Crippen LogP contribution in [0.1, 0.15) is 31.4 Å². The van der Waals surface area contributed by atoms with E-state index < -0.39 is 6.36 Å². The molecule has 0 aliphatic carbocycles. The van der Waals surface area contributed by atoms with Crippen molar-refractivity contribution in [2.24, 2.45) is 0 Å². The Morgan fingerprint density at radius 3 is 2.40 bits per heavy atom. The van der Waals surface area contributed by atoms with E-state index in [0.29, 0.717) is 5.56 Å². The number of alkyl halides is 3. The van der Waals surface area contributed by atoms with Gasteiger partial charge < -0.3 is 14.8 Å². The van der Waals surface area contributed by atoms with E-state index in [1.807, 2.05) is 6.92 Å². The summed E-state index contributed by atoms with van der Waals surface area (Å²) in [6, 6.07) is 5.76. The lowest BCUT2D eigenvalue weighted by Crippen LogP contribution is -2.32. The smallest absolute Gasteiger partial charge is 0.405 e. The van der Waals surface area contributed by atoms with Crippen molar-refractivity contribution in [3.8, 4) is 5.75 Å². The first-order valence-electron chi connectivity index (χ1n) is 6.47. The third-order valence-electron chi connectivity index (χ3n) is 3.04. The second-order valence-corrected chi connectivity index (χ2v) is 4.41. The molecule has 0 heterocycles. The lowest BCUT2D eigenvalue weighted by atomic mass is 9.97. The van der Waals surface area contributed by atoms with E-state index in [4.69, 9.17) is 4.74 Å². The second kappa shape index (κ2) is 7.50. The van der Waals surface area contributed by atoms with Gasteiger partial charge in [-0.05, 0) is 19.5 Å². The van der Waals surface area contributed by atoms with E-state index in [2.05, 4.69) is 10.1 Å². The van der Waals surface area contributed by atoms with Crippen LogP contribution in [-0.2, 0) is 4.74 Å². The molecule has 3 nitrogen and oxygen atoms in total. The average Bonchev–Trinajstić information content (AvgIpc) is 2.38. The molecular formula is C14H20F3NO2. The lowest BCUT2D eigenvalue weighted by molar-refractivity contribution is -0.275. The normalized spacial score (nSPS) is 14.9. The number of rotatable bonds is 7. The Hall–Kier alpha value is -1.27. The van der Waals surface area contributed by atoms with Gasteiger partial charge in [0.1, 0.15) is 5.75 Å². The summed E-state index contributed by atoms with van der Waals surface area (Å²) in [5, 5.41) is 3.01. The minimum absolute atomic E-state index is 0.197. The van der Waals surface area contributed by atoms with E-state index >= 15 is 0 Å². The maximum atomic E-state index is 12.4. The first-order valence-corrected chi connectivity index (χ1v) is 6.47. The number of para-hydroxylation sites is 1. The molecule has 6 heteroatoms. The molecule has 0 saturated carbocycles. The van der Waals surface area contributed by atoms with Crippen LogP contribution in [0.4, 0.5) is 13.2 Å². The summed E-state index contributed by atoms with van der Waals surface area (Å²) in [6.45, 7) is 2.00. The van der Waals surface area contributed by atoms with Crippen LogP contribution in [-0.4, -0.2) is 26.6 Å². The minimum atomic E-state index is -4.71. The van der Waals surface area contributed by atoms with Crippen LogP contribution in [0.3, 0.4) is 0 Å². The van der Waals surface area contributed by atoms with Crippen LogP contribution in [0.2, 0.25) is 0 Å². The van der Waals surface area contributed by atoms with E-state index in [1.165, 1.54) is 12.1 Å². The Labute approximate surface area is 117 Å². The van der Waals surface area contributed by atoms with Gasteiger partial charge in [0.2, 0.25) is 0 Å². The molecule has 2 unspecified atom stereocenters. The predicted octanol–water partition coefficient (Wildman–Crippen LogP) is 3.66. The molecule has 0 aliphatic heterocycles. The molecule has 0 radical (unpaired) electrons. The summed E-state index contributed by atoms with van der Waals surface area (Å²) < 4.78 is 46.8. The van der Waals surface area contributed by atoms with Crippen molar-refractivity contribution in [2.45, 2.75) is 38.3 Å². The van der Waals surface area contributed by atoms with Gasteiger partial charge in [0, 0.05) is 12.7 Å². The van der Waals surface area contributed by atoms with Gasteiger partial charge in [-0.2, -0.15) is 0 Å². The summed E-state index contributed by atoms with van der Waals surface area (Å²) in [5.41, 5.74) is 0.438. The molecule has 20 heavy (non-hydrogen) atoms. The number of ether oxygens (including phenoxy) is 2. The first kappa shape index (κ1) is 16.8. The fourth-order valence-electron chi connectivity index (χ4n) is 2.20. The van der Waals surface area contributed by atoms with Crippen LogP contribution < -0.4 is 10.1 Å². The Kier molecular flexibility index (Phi) is 6.29. The Morgan fingerprint density at radius 1 is 1.25 bits per heavy atom. The number of nitrogens with one attached hydrogen (secondary N) is 1. The molecule has 2 atom stereocenters. The molecule has 0 saturated heterocycles. The van der Waals surface area contributed by atoms with Gasteiger partial charge in [-0.3, -0.25) is 0 Å². The van der Waals surface area contributed by atoms with E-state index in [-0.39, 0.29) is 17.9 Å². The quantitative estimate of drug-likeness (QED) is 0.831. The largest absolute Gasteiger partial charge is 0.573 e. The van der Waals surface area contributed by atoms with Gasteiger partial charge in [-0.15, -0.1) is 13.2 Å². The van der Waals surface area contributed by atoms with Crippen LogP contribution in [0.25, 0.3) is 0 Å². The first-order chi connectivity index (χ1) is 9.42. The lowest BCUT2D eigenvalue weighted by Gasteiger charge is -2.27. The zero-order valence-corrected chi connectivity index (χ0v) is 11.8. The molecule has 0 aromatic heterocycles. The second-order valence-electron chi connectivity index (χ2n) is 4.41. The Balaban J connectivity index is 3.08. The summed E-state index contributed by atoms with van der Waals surface area (Å²) in [5.74, 6) is -0.197. The van der Waals surface area contributed by atoms with Crippen LogP contribution >= 0.6 is 0 Å². The zero-order valence-electron chi connectivity index (χ0n) is 11.8. The van der Waals surface area contributed by atoms with Crippen LogP contribution in [0, 0.1) is 0 Å². The molecule has 0 bridgehead atoms. The topological polar surface area (TPSA) is 30.5 Å². The molecule has 0 amide bonds. The van der Waals surface area contributed by atoms with E-state index in [0.717, 1.165) is 12.8 Å². The molecule has 1 N–H and O–H groups in total. The molecular weight excluding hydrogens is 271 g/mol. The van der Waals surface area contributed by atoms with Crippen molar-refractivity contribution in [3.63, 3.8) is 0 Å². The maximum absolute atomic E-state index is 12.4. The summed E-state index contributed by atoms with van der Waals surface area (Å²) in [7, 11) is 3.24. The SMILES string of the molecule is CCCC(OC)C(NC)c1ccccc1OC(F)(F)F. The van der Waals surface area contributed by atoms with Gasteiger partial charge in [0.05, 0.1) is 12.1 Å². The number of likely N-dealkylation sites (N-methyl/N-ethyl adjacent to an activating group) is 1. The van der Waals surface area contributed by atoms with Gasteiger partial charge in [-0.1, -0.05) is 31.5 Å². The van der Waals surface area contributed by atoms with E-state index in [1.54, 1.807) is 26.3 Å². The molecule has 1 rings (SSSR count). The molecule has 1 aromatic rings. The van der Waals surface area contributed by atoms with Gasteiger partial charge in [-0.25, -0.2) is 0 Å². The predicted molar refractivity (Wildman–Crippen MR) is 70.6 cm³/mol. The van der Waals surface area contributed by atoms with Crippen molar-refractivity contribution in [1.82, 2.24) is 5.32 Å². The standard InChI is InChI=1S/C14H20F3NO2/c1-4-7-12(19-3)13(18-2)10-8-5-6-9-11(10)20-14(15,16)17/h5-6,8-9,12-13,18H,4,7H2,1-3H3. The van der Waals surface area contributed by atoms with Gasteiger partial charge in [0.15, 0.2) is 0 Å². The number of hydrogen-bond acceptors (Lipinski definition) is 3. The van der Waals surface area contributed by atoms with Crippen molar-refractivity contribution < 1.29 is 22.6 Å². The Morgan fingerprint density at radius 2 is 1.90 bits per heavy atom. The van der Waals surface area contributed by atoms with Crippen LogP contribution in [0.5, 0.6) is 5.75 Å². The number of benzene rings is 1. The third kappa shape index (κ3) is 4.68. The zero-order chi connectivity index (χ0) is 15.2. The monoisotopic (exact) mass is 291 g/mol.